The van der Waals surface area contributed by atoms with Crippen LogP contribution >= 0.6 is 0 Å². The summed E-state index contributed by atoms with van der Waals surface area (Å²) in [7, 11) is 4.76. The Morgan fingerprint density at radius 3 is 2.23 bits per heavy atom. The molecule has 26 heavy (non-hydrogen) atoms. The van der Waals surface area contributed by atoms with Crippen LogP contribution in [0, 0.1) is 6.92 Å². The van der Waals surface area contributed by atoms with E-state index in [1.807, 2.05) is 31.2 Å². The smallest absolute Gasteiger partial charge is 0.254 e. The lowest BCUT2D eigenvalue weighted by Crippen LogP contribution is -1.98. The highest BCUT2D eigenvalue weighted by Gasteiger charge is 2.13. The van der Waals surface area contributed by atoms with Gasteiger partial charge in [-0.1, -0.05) is 6.07 Å². The average Bonchev–Trinajstić information content (AvgIpc) is 3.15. The number of aryl methyl sites for hydroxylation is 1. The fraction of sp³-hybridized carbons (Fsp3) is 0.263. The predicted octanol–water partition coefficient (Wildman–Crippen LogP) is 3.65. The van der Waals surface area contributed by atoms with Gasteiger partial charge in [-0.3, -0.25) is 0 Å². The number of ether oxygens (including phenoxy) is 4. The summed E-state index contributed by atoms with van der Waals surface area (Å²) in [6.45, 7) is 2.12. The second kappa shape index (κ2) is 7.77. The SMILES string of the molecule is COc1ccc(-c2nnc(COc3ccc(C)cc3OC)o2)cc1OC. The number of methoxy groups -OCH3 is 3. The first-order chi connectivity index (χ1) is 12.6. The molecule has 0 saturated heterocycles. The molecule has 7 heteroatoms. The summed E-state index contributed by atoms with van der Waals surface area (Å²) in [6.07, 6.45) is 0. The van der Waals surface area contributed by atoms with Gasteiger partial charge in [-0.2, -0.15) is 0 Å². The Bertz CT molecular complexity index is 891. The van der Waals surface area contributed by atoms with Crippen molar-refractivity contribution in [2.45, 2.75) is 13.5 Å². The van der Waals surface area contributed by atoms with Gasteiger partial charge in [0, 0.05) is 5.56 Å². The third-order valence-electron chi connectivity index (χ3n) is 3.77. The van der Waals surface area contributed by atoms with Crippen molar-refractivity contribution in [1.82, 2.24) is 10.2 Å². The van der Waals surface area contributed by atoms with Gasteiger partial charge in [-0.25, -0.2) is 0 Å². The third-order valence-corrected chi connectivity index (χ3v) is 3.77. The first-order valence-corrected chi connectivity index (χ1v) is 7.96. The van der Waals surface area contributed by atoms with Gasteiger partial charge >= 0.3 is 0 Å². The fourth-order valence-corrected chi connectivity index (χ4v) is 2.43. The molecule has 0 unspecified atom stereocenters. The van der Waals surface area contributed by atoms with Crippen LogP contribution < -0.4 is 18.9 Å². The van der Waals surface area contributed by atoms with Gasteiger partial charge in [0.1, 0.15) is 0 Å². The minimum Gasteiger partial charge on any atom is -0.493 e. The zero-order valence-electron chi connectivity index (χ0n) is 15.1. The summed E-state index contributed by atoms with van der Waals surface area (Å²) in [6, 6.07) is 11.1. The molecule has 0 aliphatic rings. The molecule has 0 N–H and O–H groups in total. The Hall–Kier alpha value is -3.22. The topological polar surface area (TPSA) is 75.8 Å². The van der Waals surface area contributed by atoms with E-state index in [1.165, 1.54) is 0 Å². The molecule has 0 saturated carbocycles. The van der Waals surface area contributed by atoms with Crippen LogP contribution in [0.5, 0.6) is 23.0 Å². The quantitative estimate of drug-likeness (QED) is 0.639. The molecular formula is C19H20N2O5. The molecule has 0 amide bonds. The minimum absolute atomic E-state index is 0.139. The molecule has 136 valence electrons. The maximum Gasteiger partial charge on any atom is 0.254 e. The molecule has 7 nitrogen and oxygen atoms in total. The van der Waals surface area contributed by atoms with Crippen molar-refractivity contribution in [2.24, 2.45) is 0 Å². The first kappa shape index (κ1) is 17.6. The maximum atomic E-state index is 5.73. The summed E-state index contributed by atoms with van der Waals surface area (Å²) in [5, 5.41) is 8.09. The highest BCUT2D eigenvalue weighted by atomic mass is 16.5. The molecular weight excluding hydrogens is 336 g/mol. The van der Waals surface area contributed by atoms with Gasteiger partial charge in [0.2, 0.25) is 5.89 Å². The molecule has 0 bridgehead atoms. The lowest BCUT2D eigenvalue weighted by atomic mass is 10.2. The lowest BCUT2D eigenvalue weighted by Gasteiger charge is -2.09. The Morgan fingerprint density at radius 2 is 1.50 bits per heavy atom. The van der Waals surface area contributed by atoms with E-state index in [0.717, 1.165) is 11.1 Å². The van der Waals surface area contributed by atoms with Crippen molar-refractivity contribution in [1.29, 1.82) is 0 Å². The van der Waals surface area contributed by atoms with Crippen molar-refractivity contribution < 1.29 is 23.4 Å². The molecule has 3 rings (SSSR count). The molecule has 2 aromatic carbocycles. The van der Waals surface area contributed by atoms with Gasteiger partial charge < -0.3 is 23.4 Å². The number of rotatable bonds is 7. The normalized spacial score (nSPS) is 10.5. The van der Waals surface area contributed by atoms with Crippen molar-refractivity contribution in [3.05, 3.63) is 47.9 Å². The van der Waals surface area contributed by atoms with E-state index >= 15 is 0 Å². The molecule has 0 radical (unpaired) electrons. The van der Waals surface area contributed by atoms with E-state index in [-0.39, 0.29) is 6.61 Å². The number of hydrogen-bond acceptors (Lipinski definition) is 7. The fourth-order valence-electron chi connectivity index (χ4n) is 2.43. The zero-order chi connectivity index (χ0) is 18.5. The van der Waals surface area contributed by atoms with E-state index in [2.05, 4.69) is 10.2 Å². The standard InChI is InChI=1S/C19H20N2O5/c1-12-5-7-15(16(9-12)23-3)25-11-18-20-21-19(26-18)13-6-8-14(22-2)17(10-13)24-4/h5-10H,11H2,1-4H3. The largest absolute Gasteiger partial charge is 0.493 e. The van der Waals surface area contributed by atoms with Crippen LogP contribution in [0.15, 0.2) is 40.8 Å². The van der Waals surface area contributed by atoms with Crippen LogP contribution in [0.3, 0.4) is 0 Å². The third kappa shape index (κ3) is 3.72. The van der Waals surface area contributed by atoms with E-state index in [9.17, 15) is 0 Å². The van der Waals surface area contributed by atoms with Gasteiger partial charge in [0.05, 0.1) is 21.3 Å². The summed E-state index contributed by atoms with van der Waals surface area (Å²) in [5.41, 5.74) is 1.82. The number of benzene rings is 2. The highest BCUT2D eigenvalue weighted by Crippen LogP contribution is 2.32. The molecule has 0 aliphatic carbocycles. The lowest BCUT2D eigenvalue weighted by molar-refractivity contribution is 0.251. The van der Waals surface area contributed by atoms with Crippen LogP contribution in [0.25, 0.3) is 11.5 Å². The summed E-state index contributed by atoms with van der Waals surface area (Å²) < 4.78 is 27.2. The van der Waals surface area contributed by atoms with Crippen LogP contribution in [0.1, 0.15) is 11.5 Å². The molecule has 1 heterocycles. The monoisotopic (exact) mass is 356 g/mol. The molecule has 0 spiro atoms. The molecule has 0 aliphatic heterocycles. The predicted molar refractivity (Wildman–Crippen MR) is 94.9 cm³/mol. The number of nitrogens with zero attached hydrogens (tertiary/aromatic N) is 2. The highest BCUT2D eigenvalue weighted by molar-refractivity contribution is 5.59. The molecule has 0 fully saturated rings. The molecule has 3 aromatic rings. The van der Waals surface area contributed by atoms with Gasteiger partial charge in [-0.05, 0) is 42.8 Å². The van der Waals surface area contributed by atoms with Crippen LogP contribution in [0.2, 0.25) is 0 Å². The summed E-state index contributed by atoms with van der Waals surface area (Å²) in [5.74, 6) is 3.22. The molecule has 1 aromatic heterocycles. The van der Waals surface area contributed by atoms with Crippen molar-refractivity contribution >= 4 is 0 Å². The summed E-state index contributed by atoms with van der Waals surface area (Å²) in [4.78, 5) is 0. The van der Waals surface area contributed by atoms with Gasteiger partial charge in [0.15, 0.2) is 29.6 Å². The van der Waals surface area contributed by atoms with Gasteiger partial charge in [0.25, 0.3) is 5.89 Å². The van der Waals surface area contributed by atoms with E-state index in [4.69, 9.17) is 23.4 Å². The van der Waals surface area contributed by atoms with Gasteiger partial charge in [-0.15, -0.1) is 10.2 Å². The number of aromatic nitrogens is 2. The Balaban J connectivity index is 1.74. The maximum absolute atomic E-state index is 5.73. The Morgan fingerprint density at radius 1 is 0.808 bits per heavy atom. The van der Waals surface area contributed by atoms with Crippen molar-refractivity contribution in [3.63, 3.8) is 0 Å². The zero-order valence-corrected chi connectivity index (χ0v) is 15.1. The first-order valence-electron chi connectivity index (χ1n) is 7.96. The summed E-state index contributed by atoms with van der Waals surface area (Å²) >= 11 is 0. The Kier molecular flexibility index (Phi) is 5.26. The second-order valence-corrected chi connectivity index (χ2v) is 5.51. The minimum atomic E-state index is 0.139. The Labute approximate surface area is 151 Å². The van der Waals surface area contributed by atoms with Crippen LogP contribution in [-0.2, 0) is 6.61 Å². The van der Waals surface area contributed by atoms with E-state index in [1.54, 1.807) is 33.5 Å². The van der Waals surface area contributed by atoms with E-state index < -0.39 is 0 Å². The second-order valence-electron chi connectivity index (χ2n) is 5.51. The molecule has 0 atom stereocenters. The van der Waals surface area contributed by atoms with Crippen molar-refractivity contribution in [2.75, 3.05) is 21.3 Å². The van der Waals surface area contributed by atoms with E-state index in [0.29, 0.717) is 34.8 Å². The number of hydrogen-bond donors (Lipinski definition) is 0. The van der Waals surface area contributed by atoms with Crippen molar-refractivity contribution in [3.8, 4) is 34.5 Å². The van der Waals surface area contributed by atoms with Crippen LogP contribution in [0.4, 0.5) is 0 Å². The van der Waals surface area contributed by atoms with Crippen LogP contribution in [-0.4, -0.2) is 31.5 Å². The average molecular weight is 356 g/mol.